The highest BCUT2D eigenvalue weighted by atomic mass is 32.2. The topological polar surface area (TPSA) is 61.0 Å². The second-order valence-corrected chi connectivity index (χ2v) is 6.62. The molecule has 2 aromatic rings. The number of benzene rings is 1. The highest BCUT2D eigenvalue weighted by Gasteiger charge is 2.07. The van der Waals surface area contributed by atoms with Crippen LogP contribution in [0.15, 0.2) is 31.8 Å². The van der Waals surface area contributed by atoms with Gasteiger partial charge in [0.05, 0.1) is 12.3 Å². The summed E-state index contributed by atoms with van der Waals surface area (Å²) in [6, 6.07) is 5.75. The molecule has 0 bridgehead atoms. The van der Waals surface area contributed by atoms with E-state index in [1.165, 1.54) is 0 Å². The van der Waals surface area contributed by atoms with Crippen molar-refractivity contribution >= 4 is 40.5 Å². The fraction of sp³-hybridized carbons (Fsp3) is 0.273. The lowest BCUT2D eigenvalue weighted by molar-refractivity contribution is 0.341. The first-order valence-corrected chi connectivity index (χ1v) is 8.16. The van der Waals surface area contributed by atoms with Gasteiger partial charge in [-0.25, -0.2) is 0 Å². The monoisotopic (exact) mass is 299 g/mol. The molecule has 0 radical (unpaired) electrons. The van der Waals surface area contributed by atoms with Gasteiger partial charge in [-0.05, 0) is 31.4 Å². The van der Waals surface area contributed by atoms with E-state index in [0.29, 0.717) is 12.3 Å². The molecule has 0 fully saturated rings. The van der Waals surface area contributed by atoms with Crippen molar-refractivity contribution in [2.45, 2.75) is 20.5 Å². The van der Waals surface area contributed by atoms with E-state index in [0.717, 1.165) is 19.3 Å². The third-order valence-electron chi connectivity index (χ3n) is 2.05. The Labute approximate surface area is 118 Å². The molecule has 2 rings (SSSR count). The molecule has 1 aromatic heterocycles. The van der Waals surface area contributed by atoms with E-state index in [-0.39, 0.29) is 0 Å². The summed E-state index contributed by atoms with van der Waals surface area (Å²) in [5.41, 5.74) is 6.49. The Balaban J connectivity index is 2.15. The molecule has 7 heteroatoms. The Bertz CT molecular complexity index is 530. The number of nitrogen functional groups attached to an aromatic ring is 1. The zero-order chi connectivity index (χ0) is 13.0. The van der Waals surface area contributed by atoms with Crippen molar-refractivity contribution < 1.29 is 4.74 Å². The number of rotatable bonds is 5. The van der Waals surface area contributed by atoms with Crippen LogP contribution in [-0.4, -0.2) is 23.1 Å². The van der Waals surface area contributed by atoms with E-state index in [9.17, 15) is 0 Å². The number of aromatic nitrogens is 2. The van der Waals surface area contributed by atoms with Crippen molar-refractivity contribution in [3.8, 4) is 5.75 Å². The summed E-state index contributed by atoms with van der Waals surface area (Å²) in [5, 5.41) is 8.18. The van der Waals surface area contributed by atoms with Gasteiger partial charge in [0.25, 0.3) is 0 Å². The molecule has 0 atom stereocenters. The average molecular weight is 299 g/mol. The highest BCUT2D eigenvalue weighted by molar-refractivity contribution is 8.03. The normalized spacial score (nSPS) is 10.6. The SMILES string of the molecule is CCOc1cc(Sc2nnc(SC)s2)ccc1N. The van der Waals surface area contributed by atoms with E-state index in [1.54, 1.807) is 34.9 Å². The van der Waals surface area contributed by atoms with Crippen LogP contribution in [-0.2, 0) is 0 Å². The highest BCUT2D eigenvalue weighted by Crippen LogP contribution is 2.35. The van der Waals surface area contributed by atoms with Crippen LogP contribution in [0.3, 0.4) is 0 Å². The average Bonchev–Trinajstić information content (AvgIpc) is 2.81. The largest absolute Gasteiger partial charge is 0.492 e. The third kappa shape index (κ3) is 3.30. The Morgan fingerprint density at radius 2 is 2.11 bits per heavy atom. The lowest BCUT2D eigenvalue weighted by Crippen LogP contribution is -1.96. The van der Waals surface area contributed by atoms with Gasteiger partial charge >= 0.3 is 0 Å². The maximum absolute atomic E-state index is 5.83. The standard InChI is InChI=1S/C11H13N3OS3/c1-3-15-9-6-7(4-5-8(9)12)17-11-14-13-10(16-2)18-11/h4-6H,3,12H2,1-2H3. The molecule has 1 aromatic carbocycles. The van der Waals surface area contributed by atoms with E-state index in [4.69, 9.17) is 10.5 Å². The van der Waals surface area contributed by atoms with Gasteiger partial charge in [-0.2, -0.15) is 0 Å². The fourth-order valence-corrected chi connectivity index (χ4v) is 3.72. The molecule has 0 aliphatic rings. The molecule has 0 amide bonds. The number of ether oxygens (including phenoxy) is 1. The summed E-state index contributed by atoms with van der Waals surface area (Å²) in [7, 11) is 0. The lowest BCUT2D eigenvalue weighted by atomic mass is 10.3. The van der Waals surface area contributed by atoms with E-state index < -0.39 is 0 Å². The summed E-state index contributed by atoms with van der Waals surface area (Å²) in [6.07, 6.45) is 1.99. The molecular formula is C11H13N3OS3. The minimum Gasteiger partial charge on any atom is -0.492 e. The lowest BCUT2D eigenvalue weighted by Gasteiger charge is -2.07. The predicted octanol–water partition coefficient (Wildman–Crippen LogP) is 3.39. The second-order valence-electron chi connectivity index (χ2n) is 3.27. The smallest absolute Gasteiger partial charge is 0.179 e. The minimum absolute atomic E-state index is 0.605. The Hall–Kier alpha value is -0.920. The van der Waals surface area contributed by atoms with Gasteiger partial charge in [-0.1, -0.05) is 34.9 Å². The summed E-state index contributed by atoms with van der Waals surface area (Å²) >= 11 is 4.75. The third-order valence-corrected chi connectivity index (χ3v) is 4.99. The van der Waals surface area contributed by atoms with Gasteiger partial charge in [-0.15, -0.1) is 10.2 Å². The number of anilines is 1. The van der Waals surface area contributed by atoms with Crippen LogP contribution in [0.25, 0.3) is 0 Å². The molecule has 2 N–H and O–H groups in total. The second kappa shape index (κ2) is 6.31. The zero-order valence-electron chi connectivity index (χ0n) is 10.0. The van der Waals surface area contributed by atoms with Gasteiger partial charge in [-0.3, -0.25) is 0 Å². The van der Waals surface area contributed by atoms with E-state index in [1.807, 2.05) is 31.4 Å². The summed E-state index contributed by atoms with van der Waals surface area (Å²) in [6.45, 7) is 2.54. The molecule has 0 spiro atoms. The van der Waals surface area contributed by atoms with Crippen LogP contribution >= 0.6 is 34.9 Å². The summed E-state index contributed by atoms with van der Waals surface area (Å²) in [4.78, 5) is 1.05. The summed E-state index contributed by atoms with van der Waals surface area (Å²) < 4.78 is 7.36. The number of hydrogen-bond donors (Lipinski definition) is 1. The Morgan fingerprint density at radius 3 is 2.78 bits per heavy atom. The van der Waals surface area contributed by atoms with Gasteiger partial charge < -0.3 is 10.5 Å². The van der Waals surface area contributed by atoms with Gasteiger partial charge in [0.1, 0.15) is 5.75 Å². The first kappa shape index (κ1) is 13.5. The minimum atomic E-state index is 0.605. The van der Waals surface area contributed by atoms with Gasteiger partial charge in [0, 0.05) is 4.90 Å². The fourth-order valence-electron chi connectivity index (χ4n) is 1.28. The molecule has 4 nitrogen and oxygen atoms in total. The van der Waals surface area contributed by atoms with Gasteiger partial charge in [0.2, 0.25) is 0 Å². The van der Waals surface area contributed by atoms with Crippen LogP contribution in [0.2, 0.25) is 0 Å². The molecule has 0 unspecified atom stereocenters. The molecular weight excluding hydrogens is 286 g/mol. The Kier molecular flexibility index (Phi) is 4.73. The van der Waals surface area contributed by atoms with Gasteiger partial charge in [0.15, 0.2) is 8.68 Å². The first-order chi connectivity index (χ1) is 8.72. The predicted molar refractivity (Wildman–Crippen MR) is 77.8 cm³/mol. The quantitative estimate of drug-likeness (QED) is 0.674. The molecule has 0 saturated heterocycles. The van der Waals surface area contributed by atoms with Crippen molar-refractivity contribution in [1.29, 1.82) is 0 Å². The number of thioether (sulfide) groups is 1. The first-order valence-electron chi connectivity index (χ1n) is 5.30. The van der Waals surface area contributed by atoms with Crippen LogP contribution in [0.5, 0.6) is 5.75 Å². The van der Waals surface area contributed by atoms with Crippen molar-refractivity contribution in [2.24, 2.45) is 0 Å². The number of nitrogens with zero attached hydrogens (tertiary/aromatic N) is 2. The van der Waals surface area contributed by atoms with Crippen molar-refractivity contribution in [2.75, 3.05) is 18.6 Å². The van der Waals surface area contributed by atoms with E-state index in [2.05, 4.69) is 10.2 Å². The van der Waals surface area contributed by atoms with Crippen molar-refractivity contribution in [1.82, 2.24) is 10.2 Å². The maximum Gasteiger partial charge on any atom is 0.179 e. The Morgan fingerprint density at radius 1 is 1.33 bits per heavy atom. The van der Waals surface area contributed by atoms with Crippen molar-refractivity contribution in [3.63, 3.8) is 0 Å². The molecule has 1 heterocycles. The van der Waals surface area contributed by atoms with Crippen LogP contribution < -0.4 is 10.5 Å². The molecule has 0 aliphatic carbocycles. The summed E-state index contributed by atoms with van der Waals surface area (Å²) in [5.74, 6) is 0.720. The number of nitrogens with two attached hydrogens (primary N) is 1. The number of hydrogen-bond acceptors (Lipinski definition) is 7. The van der Waals surface area contributed by atoms with Crippen LogP contribution in [0.4, 0.5) is 5.69 Å². The van der Waals surface area contributed by atoms with Crippen LogP contribution in [0, 0.1) is 0 Å². The molecule has 18 heavy (non-hydrogen) atoms. The van der Waals surface area contributed by atoms with Crippen molar-refractivity contribution in [3.05, 3.63) is 18.2 Å². The molecule has 0 aliphatic heterocycles. The maximum atomic E-state index is 5.83. The van der Waals surface area contributed by atoms with E-state index >= 15 is 0 Å². The molecule has 0 saturated carbocycles. The molecule has 96 valence electrons. The zero-order valence-corrected chi connectivity index (χ0v) is 12.5. The van der Waals surface area contributed by atoms with Crippen LogP contribution in [0.1, 0.15) is 6.92 Å².